The molecule has 2 heterocycles. The number of hydrogen-bond acceptors (Lipinski definition) is 4. The second kappa shape index (κ2) is 7.61. The van der Waals surface area contributed by atoms with Crippen LogP contribution in [0.25, 0.3) is 11.3 Å². The molecule has 4 aliphatic carbocycles. The minimum atomic E-state index is 0.335. The van der Waals surface area contributed by atoms with E-state index in [1.165, 1.54) is 38.5 Å². The van der Waals surface area contributed by atoms with Gasteiger partial charge in [-0.25, -0.2) is 0 Å². The molecule has 1 aromatic carbocycles. The van der Waals surface area contributed by atoms with Gasteiger partial charge in [0.1, 0.15) is 0 Å². The van der Waals surface area contributed by atoms with Gasteiger partial charge in [-0.15, -0.1) is 10.2 Å². The highest BCUT2D eigenvalue weighted by molar-refractivity contribution is 5.77. The lowest BCUT2D eigenvalue weighted by atomic mass is 9.49. The molecule has 0 unspecified atom stereocenters. The number of amides is 1. The number of carbonyl (C=O) groups excluding carboxylic acids is 1. The van der Waals surface area contributed by atoms with E-state index in [0.29, 0.717) is 11.3 Å². The second-order valence-corrected chi connectivity index (χ2v) is 10.6. The summed E-state index contributed by atoms with van der Waals surface area (Å²) >= 11 is 0. The topological polar surface area (TPSA) is 49.3 Å². The number of nitrogens with zero attached hydrogens (tertiary/aromatic N) is 4. The van der Waals surface area contributed by atoms with Crippen molar-refractivity contribution in [3.8, 4) is 11.3 Å². The minimum absolute atomic E-state index is 0.335. The summed E-state index contributed by atoms with van der Waals surface area (Å²) in [6.07, 6.45) is 9.06. The third-order valence-electron chi connectivity index (χ3n) is 8.37. The number of anilines is 1. The van der Waals surface area contributed by atoms with Crippen LogP contribution in [0.3, 0.4) is 0 Å². The first kappa shape index (κ1) is 19.3. The molecule has 0 atom stereocenters. The number of carbonyl (C=O) groups is 1. The van der Waals surface area contributed by atoms with Gasteiger partial charge in [-0.05, 0) is 73.8 Å². The Morgan fingerprint density at radius 2 is 1.48 bits per heavy atom. The summed E-state index contributed by atoms with van der Waals surface area (Å²) < 4.78 is 0. The van der Waals surface area contributed by atoms with Crippen LogP contribution in [0.4, 0.5) is 5.82 Å². The molecular formula is C26H32N4O. The van der Waals surface area contributed by atoms with Crippen LogP contribution < -0.4 is 4.90 Å². The monoisotopic (exact) mass is 416 g/mol. The molecule has 0 N–H and O–H groups in total. The van der Waals surface area contributed by atoms with Gasteiger partial charge in [0.25, 0.3) is 0 Å². The highest BCUT2D eigenvalue weighted by atomic mass is 16.2. The van der Waals surface area contributed by atoms with Crippen molar-refractivity contribution in [3.05, 3.63) is 42.5 Å². The highest BCUT2D eigenvalue weighted by Gasteiger charge is 2.51. The van der Waals surface area contributed by atoms with Gasteiger partial charge >= 0.3 is 0 Å². The van der Waals surface area contributed by atoms with Gasteiger partial charge < -0.3 is 9.80 Å². The number of aromatic nitrogens is 2. The summed E-state index contributed by atoms with van der Waals surface area (Å²) in [5, 5.41) is 8.90. The maximum Gasteiger partial charge on any atom is 0.223 e. The first-order valence-corrected chi connectivity index (χ1v) is 12.1. The summed E-state index contributed by atoms with van der Waals surface area (Å²) in [6.45, 7) is 3.28. The smallest absolute Gasteiger partial charge is 0.223 e. The van der Waals surface area contributed by atoms with Crippen LogP contribution in [0.15, 0.2) is 42.5 Å². The fourth-order valence-corrected chi connectivity index (χ4v) is 7.38. The number of hydrogen-bond donors (Lipinski definition) is 0. The molecule has 162 valence electrons. The van der Waals surface area contributed by atoms with E-state index in [2.05, 4.69) is 38.2 Å². The molecule has 1 amide bonds. The summed E-state index contributed by atoms with van der Waals surface area (Å²) in [4.78, 5) is 17.6. The summed E-state index contributed by atoms with van der Waals surface area (Å²) in [5.41, 5.74) is 2.32. The van der Waals surface area contributed by atoms with E-state index < -0.39 is 0 Å². The number of piperazine rings is 1. The predicted molar refractivity (Wildman–Crippen MR) is 121 cm³/mol. The molecule has 1 aromatic heterocycles. The molecule has 5 heteroatoms. The lowest BCUT2D eigenvalue weighted by Crippen LogP contribution is -2.52. The largest absolute Gasteiger partial charge is 0.352 e. The highest BCUT2D eigenvalue weighted by Crippen LogP contribution is 2.61. The van der Waals surface area contributed by atoms with Crippen molar-refractivity contribution in [1.29, 1.82) is 0 Å². The SMILES string of the molecule is O=C(CC12CC3CC(CC(C3)C1)C2)N1CCN(c2ccc(-c3ccccc3)nn2)CC1. The van der Waals surface area contributed by atoms with Crippen LogP contribution in [-0.2, 0) is 4.79 Å². The Morgan fingerprint density at radius 3 is 2.06 bits per heavy atom. The molecule has 7 rings (SSSR count). The third-order valence-corrected chi connectivity index (χ3v) is 8.37. The van der Waals surface area contributed by atoms with E-state index in [4.69, 9.17) is 0 Å². The maximum atomic E-state index is 13.2. The molecule has 0 spiro atoms. The quantitative estimate of drug-likeness (QED) is 0.741. The van der Waals surface area contributed by atoms with Crippen molar-refractivity contribution in [2.75, 3.05) is 31.1 Å². The molecule has 31 heavy (non-hydrogen) atoms. The van der Waals surface area contributed by atoms with Crippen molar-refractivity contribution in [2.24, 2.45) is 23.2 Å². The summed E-state index contributed by atoms with van der Waals surface area (Å²) in [5.74, 6) is 4.04. The molecule has 2 aromatic rings. The van der Waals surface area contributed by atoms with E-state index in [1.54, 1.807) is 0 Å². The van der Waals surface area contributed by atoms with Crippen molar-refractivity contribution in [2.45, 2.75) is 44.9 Å². The fraction of sp³-hybridized carbons (Fsp3) is 0.577. The van der Waals surface area contributed by atoms with Crippen LogP contribution in [-0.4, -0.2) is 47.2 Å². The van der Waals surface area contributed by atoms with Gasteiger partial charge in [0.2, 0.25) is 5.91 Å². The van der Waals surface area contributed by atoms with Crippen LogP contribution >= 0.6 is 0 Å². The molecule has 5 nitrogen and oxygen atoms in total. The Labute approximate surface area is 184 Å². The van der Waals surface area contributed by atoms with Gasteiger partial charge in [-0.2, -0.15) is 0 Å². The zero-order valence-corrected chi connectivity index (χ0v) is 18.2. The van der Waals surface area contributed by atoms with Gasteiger partial charge in [0, 0.05) is 38.2 Å². The van der Waals surface area contributed by atoms with E-state index in [9.17, 15) is 4.79 Å². The summed E-state index contributed by atoms with van der Waals surface area (Å²) in [7, 11) is 0. The normalized spacial score (nSPS) is 31.8. The van der Waals surface area contributed by atoms with Crippen molar-refractivity contribution < 1.29 is 4.79 Å². The third kappa shape index (κ3) is 3.72. The van der Waals surface area contributed by atoms with Crippen LogP contribution in [0.1, 0.15) is 44.9 Å². The maximum absolute atomic E-state index is 13.2. The van der Waals surface area contributed by atoms with Gasteiger partial charge in [0.05, 0.1) is 5.69 Å². The Kier molecular flexibility index (Phi) is 4.73. The predicted octanol–water partition coefficient (Wildman–Crippen LogP) is 4.40. The first-order valence-electron chi connectivity index (χ1n) is 12.1. The van der Waals surface area contributed by atoms with Crippen molar-refractivity contribution >= 4 is 11.7 Å². The molecule has 1 saturated heterocycles. The van der Waals surface area contributed by atoms with E-state index in [1.807, 2.05) is 24.3 Å². The van der Waals surface area contributed by atoms with Crippen LogP contribution in [0.2, 0.25) is 0 Å². The minimum Gasteiger partial charge on any atom is -0.352 e. The van der Waals surface area contributed by atoms with E-state index >= 15 is 0 Å². The molecule has 1 aliphatic heterocycles. The average molecular weight is 417 g/mol. The second-order valence-electron chi connectivity index (χ2n) is 10.6. The molecule has 4 bridgehead atoms. The molecule has 5 aliphatic rings. The average Bonchev–Trinajstić information content (AvgIpc) is 2.79. The Morgan fingerprint density at radius 1 is 0.839 bits per heavy atom. The first-order chi connectivity index (χ1) is 15.2. The van der Waals surface area contributed by atoms with Crippen molar-refractivity contribution in [3.63, 3.8) is 0 Å². The van der Waals surface area contributed by atoms with Crippen molar-refractivity contribution in [1.82, 2.24) is 15.1 Å². The number of benzene rings is 1. The van der Waals surface area contributed by atoms with Gasteiger partial charge in [-0.3, -0.25) is 4.79 Å². The molecule has 5 fully saturated rings. The standard InChI is InChI=1S/C26H32N4O/c31-25(18-26-15-19-12-20(16-26)14-21(13-19)17-26)30-10-8-29(9-11-30)24-7-6-23(27-28-24)22-4-2-1-3-5-22/h1-7,19-21H,8-18H2. The molecule has 0 radical (unpaired) electrons. The van der Waals surface area contributed by atoms with E-state index in [0.717, 1.165) is 67.4 Å². The fourth-order valence-electron chi connectivity index (χ4n) is 7.38. The van der Waals surface area contributed by atoms with Crippen LogP contribution in [0, 0.1) is 23.2 Å². The Balaban J connectivity index is 1.06. The Bertz CT molecular complexity index is 898. The Hall–Kier alpha value is -2.43. The summed E-state index contributed by atoms with van der Waals surface area (Å²) in [6, 6.07) is 14.3. The number of rotatable bonds is 4. The van der Waals surface area contributed by atoms with Gasteiger partial charge in [0.15, 0.2) is 5.82 Å². The lowest BCUT2D eigenvalue weighted by molar-refractivity contribution is -0.139. The van der Waals surface area contributed by atoms with Gasteiger partial charge in [-0.1, -0.05) is 30.3 Å². The zero-order valence-electron chi connectivity index (χ0n) is 18.2. The van der Waals surface area contributed by atoms with E-state index in [-0.39, 0.29) is 0 Å². The van der Waals surface area contributed by atoms with Crippen LogP contribution in [0.5, 0.6) is 0 Å². The lowest BCUT2D eigenvalue weighted by Gasteiger charge is -2.57. The molecule has 4 saturated carbocycles. The molecular weight excluding hydrogens is 384 g/mol. The zero-order chi connectivity index (χ0) is 20.8.